The van der Waals surface area contributed by atoms with Gasteiger partial charge in [-0.25, -0.2) is 9.97 Å². The summed E-state index contributed by atoms with van der Waals surface area (Å²) in [6.45, 7) is 5.67. The average Bonchev–Trinajstić information content (AvgIpc) is 2.70. The molecule has 1 fully saturated rings. The molecule has 2 aromatic rings. The minimum absolute atomic E-state index is 0.104. The summed E-state index contributed by atoms with van der Waals surface area (Å²) in [7, 11) is 1.54. The standard InChI is InChI=1S/C21H27N3O3S/c1-15(2)28-18-8-6-16(7-9-18)13-19(25)24-12-4-5-17(14-24)27-21-20(26-3)22-10-11-23-21/h6-11,15,17H,4-5,12-14H2,1-3H3. The van der Waals surface area contributed by atoms with Crippen molar-refractivity contribution in [2.75, 3.05) is 20.2 Å². The Morgan fingerprint density at radius 1 is 1.21 bits per heavy atom. The van der Waals surface area contributed by atoms with Crippen molar-refractivity contribution in [3.63, 3.8) is 0 Å². The fourth-order valence-electron chi connectivity index (χ4n) is 3.20. The van der Waals surface area contributed by atoms with Crippen LogP contribution in [0.1, 0.15) is 32.3 Å². The van der Waals surface area contributed by atoms with Gasteiger partial charge in [0.05, 0.1) is 20.1 Å². The van der Waals surface area contributed by atoms with Gasteiger partial charge in [-0.3, -0.25) is 4.79 Å². The Bertz CT molecular complexity index is 783. The van der Waals surface area contributed by atoms with Crippen molar-refractivity contribution in [2.45, 2.75) is 49.4 Å². The summed E-state index contributed by atoms with van der Waals surface area (Å²) in [5.74, 6) is 0.872. The second-order valence-electron chi connectivity index (χ2n) is 7.08. The number of thioether (sulfide) groups is 1. The Labute approximate surface area is 170 Å². The molecule has 7 heteroatoms. The van der Waals surface area contributed by atoms with Gasteiger partial charge in [0.1, 0.15) is 6.10 Å². The van der Waals surface area contributed by atoms with Crippen LogP contribution in [0.3, 0.4) is 0 Å². The third-order valence-corrected chi connectivity index (χ3v) is 5.50. The Hall–Kier alpha value is -2.28. The van der Waals surface area contributed by atoms with Crippen LogP contribution in [0.2, 0.25) is 0 Å². The zero-order valence-electron chi connectivity index (χ0n) is 16.6. The Morgan fingerprint density at radius 2 is 1.93 bits per heavy atom. The summed E-state index contributed by atoms with van der Waals surface area (Å²) < 4.78 is 11.2. The molecule has 1 saturated heterocycles. The number of ether oxygens (including phenoxy) is 2. The molecular formula is C21H27N3O3S. The number of benzene rings is 1. The molecule has 1 atom stereocenters. The van der Waals surface area contributed by atoms with E-state index in [1.165, 1.54) is 4.90 Å². The maximum absolute atomic E-state index is 12.8. The number of carbonyl (C=O) groups is 1. The van der Waals surface area contributed by atoms with Gasteiger partial charge in [0.15, 0.2) is 0 Å². The first-order valence-corrected chi connectivity index (χ1v) is 10.5. The highest BCUT2D eigenvalue weighted by atomic mass is 32.2. The van der Waals surface area contributed by atoms with Crippen LogP contribution in [0.4, 0.5) is 0 Å². The molecule has 0 bridgehead atoms. The topological polar surface area (TPSA) is 64.6 Å². The highest BCUT2D eigenvalue weighted by Crippen LogP contribution is 2.25. The molecule has 6 nitrogen and oxygen atoms in total. The number of hydrogen-bond acceptors (Lipinski definition) is 6. The van der Waals surface area contributed by atoms with Crippen molar-refractivity contribution in [3.8, 4) is 11.8 Å². The lowest BCUT2D eigenvalue weighted by Crippen LogP contribution is -2.45. The normalized spacial score (nSPS) is 16.9. The van der Waals surface area contributed by atoms with Gasteiger partial charge in [0, 0.05) is 29.1 Å². The summed E-state index contributed by atoms with van der Waals surface area (Å²) in [6, 6.07) is 8.28. The number of carbonyl (C=O) groups excluding carboxylic acids is 1. The van der Waals surface area contributed by atoms with Gasteiger partial charge in [0.2, 0.25) is 5.91 Å². The Balaban J connectivity index is 1.56. The zero-order valence-corrected chi connectivity index (χ0v) is 17.4. The highest BCUT2D eigenvalue weighted by molar-refractivity contribution is 7.99. The SMILES string of the molecule is COc1nccnc1OC1CCCN(C(=O)Cc2ccc(SC(C)C)cc2)C1. The number of nitrogens with zero attached hydrogens (tertiary/aromatic N) is 3. The van der Waals surface area contributed by atoms with E-state index in [1.54, 1.807) is 19.5 Å². The number of amides is 1. The van der Waals surface area contributed by atoms with Gasteiger partial charge in [-0.1, -0.05) is 26.0 Å². The molecule has 0 spiro atoms. The molecule has 1 aromatic heterocycles. The monoisotopic (exact) mass is 401 g/mol. The fourth-order valence-corrected chi connectivity index (χ4v) is 4.03. The van der Waals surface area contributed by atoms with Crippen molar-refractivity contribution >= 4 is 17.7 Å². The number of piperidine rings is 1. The fraction of sp³-hybridized carbons (Fsp3) is 0.476. The second-order valence-corrected chi connectivity index (χ2v) is 8.73. The van der Waals surface area contributed by atoms with Gasteiger partial charge in [-0.05, 0) is 30.5 Å². The van der Waals surface area contributed by atoms with E-state index < -0.39 is 0 Å². The van der Waals surface area contributed by atoms with E-state index in [9.17, 15) is 4.79 Å². The van der Waals surface area contributed by atoms with Gasteiger partial charge >= 0.3 is 0 Å². The van der Waals surface area contributed by atoms with Crippen LogP contribution in [-0.4, -0.2) is 52.3 Å². The molecule has 1 amide bonds. The van der Waals surface area contributed by atoms with E-state index in [0.717, 1.165) is 24.9 Å². The molecule has 3 rings (SSSR count). The largest absolute Gasteiger partial charge is 0.477 e. The van der Waals surface area contributed by atoms with Gasteiger partial charge in [0.25, 0.3) is 11.8 Å². The molecular weight excluding hydrogens is 374 g/mol. The minimum atomic E-state index is -0.104. The summed E-state index contributed by atoms with van der Waals surface area (Å²) >= 11 is 1.83. The van der Waals surface area contributed by atoms with E-state index in [2.05, 4.69) is 35.9 Å². The highest BCUT2D eigenvalue weighted by Gasteiger charge is 2.26. The van der Waals surface area contributed by atoms with Crippen LogP contribution >= 0.6 is 11.8 Å². The van der Waals surface area contributed by atoms with Crippen LogP contribution in [0.5, 0.6) is 11.8 Å². The summed E-state index contributed by atoms with van der Waals surface area (Å²) in [6.07, 6.45) is 5.23. The summed E-state index contributed by atoms with van der Waals surface area (Å²) in [5.41, 5.74) is 1.04. The predicted molar refractivity (Wildman–Crippen MR) is 110 cm³/mol. The van der Waals surface area contributed by atoms with Crippen LogP contribution < -0.4 is 9.47 Å². The summed E-state index contributed by atoms with van der Waals surface area (Å²) in [4.78, 5) is 24.2. The van der Waals surface area contributed by atoms with Crippen LogP contribution in [0.15, 0.2) is 41.6 Å². The van der Waals surface area contributed by atoms with E-state index in [4.69, 9.17) is 9.47 Å². The molecule has 0 N–H and O–H groups in total. The quantitative estimate of drug-likeness (QED) is 0.661. The van der Waals surface area contributed by atoms with Crippen molar-refractivity contribution in [1.29, 1.82) is 0 Å². The van der Waals surface area contributed by atoms with E-state index in [0.29, 0.717) is 30.0 Å². The number of hydrogen-bond donors (Lipinski definition) is 0. The predicted octanol–water partition coefficient (Wildman–Crippen LogP) is 3.60. The van der Waals surface area contributed by atoms with E-state index in [1.807, 2.05) is 28.8 Å². The van der Waals surface area contributed by atoms with Crippen LogP contribution in [0, 0.1) is 0 Å². The second kappa shape index (κ2) is 9.78. The lowest BCUT2D eigenvalue weighted by Gasteiger charge is -2.32. The molecule has 0 aliphatic carbocycles. The number of likely N-dealkylation sites (tertiary alicyclic amines) is 1. The molecule has 0 saturated carbocycles. The lowest BCUT2D eigenvalue weighted by molar-refractivity contribution is -0.133. The van der Waals surface area contributed by atoms with Crippen molar-refractivity contribution < 1.29 is 14.3 Å². The Kier molecular flexibility index (Phi) is 7.14. The van der Waals surface area contributed by atoms with Crippen molar-refractivity contribution in [2.24, 2.45) is 0 Å². The van der Waals surface area contributed by atoms with Crippen molar-refractivity contribution in [3.05, 3.63) is 42.2 Å². The first-order valence-electron chi connectivity index (χ1n) is 9.60. The number of methoxy groups -OCH3 is 1. The smallest absolute Gasteiger partial charge is 0.278 e. The molecule has 1 aliphatic rings. The first kappa shape index (κ1) is 20.5. The molecule has 1 aromatic carbocycles. The minimum Gasteiger partial charge on any atom is -0.477 e. The van der Waals surface area contributed by atoms with Gasteiger partial charge in [-0.15, -0.1) is 11.8 Å². The average molecular weight is 402 g/mol. The molecule has 150 valence electrons. The van der Waals surface area contributed by atoms with Gasteiger partial charge in [-0.2, -0.15) is 0 Å². The third-order valence-electron chi connectivity index (χ3n) is 4.49. The lowest BCUT2D eigenvalue weighted by atomic mass is 10.1. The van der Waals surface area contributed by atoms with Gasteiger partial charge < -0.3 is 14.4 Å². The third kappa shape index (κ3) is 5.61. The van der Waals surface area contributed by atoms with Crippen molar-refractivity contribution in [1.82, 2.24) is 14.9 Å². The molecule has 28 heavy (non-hydrogen) atoms. The number of rotatable bonds is 7. The molecule has 0 radical (unpaired) electrons. The number of aromatic nitrogens is 2. The first-order chi connectivity index (χ1) is 13.5. The molecule has 2 heterocycles. The molecule has 1 aliphatic heterocycles. The maximum Gasteiger partial charge on any atom is 0.278 e. The zero-order chi connectivity index (χ0) is 19.9. The van der Waals surface area contributed by atoms with E-state index >= 15 is 0 Å². The van der Waals surface area contributed by atoms with Crippen LogP contribution in [0.25, 0.3) is 0 Å². The van der Waals surface area contributed by atoms with E-state index in [-0.39, 0.29) is 12.0 Å². The summed E-state index contributed by atoms with van der Waals surface area (Å²) in [5, 5.41) is 0.547. The Morgan fingerprint density at radius 3 is 2.61 bits per heavy atom. The molecule has 1 unspecified atom stereocenters. The maximum atomic E-state index is 12.8. The van der Waals surface area contributed by atoms with Crippen LogP contribution in [-0.2, 0) is 11.2 Å².